The van der Waals surface area contributed by atoms with E-state index >= 15 is 0 Å². The van der Waals surface area contributed by atoms with Crippen LogP contribution in [0, 0.1) is 0 Å². The molecule has 1 aliphatic carbocycles. The molecule has 2 unspecified atom stereocenters. The highest BCUT2D eigenvalue weighted by atomic mass is 15.2. The topological polar surface area (TPSA) is 56.9 Å². The van der Waals surface area contributed by atoms with Crippen molar-refractivity contribution in [1.29, 1.82) is 0 Å². The summed E-state index contributed by atoms with van der Waals surface area (Å²) in [6.45, 7) is 7.39. The molecule has 5 nitrogen and oxygen atoms in total. The Kier molecular flexibility index (Phi) is 8.09. The zero-order chi connectivity index (χ0) is 20.6. The number of unbranched alkanes of at least 4 members (excludes halogenated alkanes) is 1. The van der Waals surface area contributed by atoms with Crippen LogP contribution in [0.25, 0.3) is 0 Å². The Morgan fingerprint density at radius 1 is 1.17 bits per heavy atom. The summed E-state index contributed by atoms with van der Waals surface area (Å²) in [5.41, 5.74) is 10.2. The molecule has 164 valence electrons. The molecule has 0 radical (unpaired) electrons. The second kappa shape index (κ2) is 11.2. The fourth-order valence-corrected chi connectivity index (χ4v) is 5.32. The summed E-state index contributed by atoms with van der Waals surface area (Å²) in [7, 11) is 0. The third-order valence-electron chi connectivity index (χ3n) is 6.82. The van der Waals surface area contributed by atoms with E-state index in [1.54, 1.807) is 5.57 Å². The van der Waals surface area contributed by atoms with E-state index in [1.807, 2.05) is 0 Å². The van der Waals surface area contributed by atoms with Crippen LogP contribution >= 0.6 is 0 Å². The van der Waals surface area contributed by atoms with Gasteiger partial charge in [-0.1, -0.05) is 30.3 Å². The predicted molar refractivity (Wildman–Crippen MR) is 126 cm³/mol. The van der Waals surface area contributed by atoms with Gasteiger partial charge in [-0.15, -0.1) is 0 Å². The summed E-state index contributed by atoms with van der Waals surface area (Å²) in [6.07, 6.45) is 10.6. The Balaban J connectivity index is 1.41. The molecule has 2 aliphatic heterocycles. The third kappa shape index (κ3) is 5.79. The van der Waals surface area contributed by atoms with E-state index in [0.29, 0.717) is 12.1 Å². The number of benzene rings is 1. The number of hydrogen-bond donors (Lipinski definition) is 2. The summed E-state index contributed by atoms with van der Waals surface area (Å²) < 4.78 is 0. The van der Waals surface area contributed by atoms with Gasteiger partial charge in [-0.2, -0.15) is 0 Å². The highest BCUT2D eigenvalue weighted by Gasteiger charge is 2.31. The van der Waals surface area contributed by atoms with Gasteiger partial charge in [0.1, 0.15) is 0 Å². The highest BCUT2D eigenvalue weighted by molar-refractivity contribution is 5.62. The van der Waals surface area contributed by atoms with E-state index in [9.17, 15) is 0 Å². The molecule has 4 rings (SSSR count). The van der Waals surface area contributed by atoms with E-state index < -0.39 is 0 Å². The molecular formula is C25H39N5. The van der Waals surface area contributed by atoms with Crippen LogP contribution in [0.4, 0.5) is 0 Å². The van der Waals surface area contributed by atoms with Crippen molar-refractivity contribution >= 4 is 6.21 Å². The van der Waals surface area contributed by atoms with Crippen LogP contribution in [0.15, 0.2) is 46.6 Å². The molecule has 30 heavy (non-hydrogen) atoms. The molecule has 0 aromatic heterocycles. The van der Waals surface area contributed by atoms with E-state index in [2.05, 4.69) is 51.7 Å². The number of aliphatic imine (C=N–C) groups is 1. The number of piperazine rings is 1. The zero-order valence-corrected chi connectivity index (χ0v) is 18.4. The summed E-state index contributed by atoms with van der Waals surface area (Å²) in [5, 5.41) is 3.80. The number of hydrogen-bond acceptors (Lipinski definition) is 5. The van der Waals surface area contributed by atoms with Crippen LogP contribution in [0.3, 0.4) is 0 Å². The molecule has 0 amide bonds. The fourth-order valence-electron chi connectivity index (χ4n) is 5.32. The van der Waals surface area contributed by atoms with E-state index in [1.165, 1.54) is 43.4 Å². The quantitative estimate of drug-likeness (QED) is 0.615. The number of nitrogens with two attached hydrogens (primary N) is 1. The van der Waals surface area contributed by atoms with Crippen molar-refractivity contribution in [2.75, 3.05) is 39.3 Å². The molecule has 0 bridgehead atoms. The van der Waals surface area contributed by atoms with Gasteiger partial charge in [0, 0.05) is 45.0 Å². The van der Waals surface area contributed by atoms with Crippen LogP contribution in [-0.4, -0.2) is 67.4 Å². The van der Waals surface area contributed by atoms with Gasteiger partial charge in [0.15, 0.2) is 0 Å². The number of nitrogens with one attached hydrogen (secondary N) is 1. The van der Waals surface area contributed by atoms with Crippen molar-refractivity contribution in [2.24, 2.45) is 10.7 Å². The molecule has 0 saturated carbocycles. The molecule has 1 aromatic rings. The smallest absolute Gasteiger partial charge is 0.0563 e. The molecule has 5 heteroatoms. The maximum Gasteiger partial charge on any atom is 0.0563 e. The first-order valence-electron chi connectivity index (χ1n) is 12.0. The standard InChI is InChI=1S/C25H39N5/c26-13-4-5-16-30(24-12-6-10-22-11-7-14-28-25(22)24)20-23-19-29(17-15-27-23)18-21-8-2-1-3-9-21/h1-3,8-9,14,23-24,27H,4-7,10-13,15-20,26H2. The van der Waals surface area contributed by atoms with Crippen LogP contribution in [0.5, 0.6) is 0 Å². The van der Waals surface area contributed by atoms with Gasteiger partial charge in [0.05, 0.1) is 11.7 Å². The average molecular weight is 410 g/mol. The van der Waals surface area contributed by atoms with Gasteiger partial charge in [0.25, 0.3) is 0 Å². The van der Waals surface area contributed by atoms with Gasteiger partial charge in [-0.3, -0.25) is 14.8 Å². The molecule has 2 heterocycles. The Labute approximate surface area is 182 Å². The van der Waals surface area contributed by atoms with Crippen molar-refractivity contribution in [3.05, 3.63) is 47.2 Å². The fraction of sp³-hybridized carbons (Fsp3) is 0.640. The van der Waals surface area contributed by atoms with Gasteiger partial charge in [0.2, 0.25) is 0 Å². The van der Waals surface area contributed by atoms with Crippen molar-refractivity contribution in [3.8, 4) is 0 Å². The van der Waals surface area contributed by atoms with E-state index in [4.69, 9.17) is 10.7 Å². The minimum absolute atomic E-state index is 0.495. The Bertz CT molecular complexity index is 714. The largest absolute Gasteiger partial charge is 0.330 e. The molecule has 3 N–H and O–H groups in total. The van der Waals surface area contributed by atoms with Crippen molar-refractivity contribution < 1.29 is 0 Å². The molecular weight excluding hydrogens is 370 g/mol. The molecule has 1 fully saturated rings. The zero-order valence-electron chi connectivity index (χ0n) is 18.4. The van der Waals surface area contributed by atoms with Crippen LogP contribution in [0.2, 0.25) is 0 Å². The van der Waals surface area contributed by atoms with Gasteiger partial charge >= 0.3 is 0 Å². The van der Waals surface area contributed by atoms with Crippen molar-refractivity contribution in [3.63, 3.8) is 0 Å². The Morgan fingerprint density at radius 3 is 2.93 bits per heavy atom. The van der Waals surface area contributed by atoms with Gasteiger partial charge in [-0.05, 0) is 69.2 Å². The molecule has 0 spiro atoms. The van der Waals surface area contributed by atoms with Gasteiger partial charge in [-0.25, -0.2) is 0 Å². The lowest BCUT2D eigenvalue weighted by Gasteiger charge is -2.41. The van der Waals surface area contributed by atoms with E-state index in [0.717, 1.165) is 58.7 Å². The first kappa shape index (κ1) is 21.7. The normalized spacial score (nSPS) is 25.0. The lowest BCUT2D eigenvalue weighted by Crippen LogP contribution is -2.56. The maximum absolute atomic E-state index is 5.80. The maximum atomic E-state index is 5.80. The lowest BCUT2D eigenvalue weighted by molar-refractivity contribution is 0.129. The second-order valence-electron chi connectivity index (χ2n) is 9.11. The van der Waals surface area contributed by atoms with Crippen molar-refractivity contribution in [1.82, 2.24) is 15.1 Å². The summed E-state index contributed by atoms with van der Waals surface area (Å²) in [5.74, 6) is 0. The summed E-state index contributed by atoms with van der Waals surface area (Å²) in [4.78, 5) is 10.2. The molecule has 1 saturated heterocycles. The minimum atomic E-state index is 0.495. The monoisotopic (exact) mass is 409 g/mol. The third-order valence-corrected chi connectivity index (χ3v) is 6.82. The summed E-state index contributed by atoms with van der Waals surface area (Å²) in [6, 6.07) is 11.9. The average Bonchev–Trinajstić information content (AvgIpc) is 2.79. The predicted octanol–water partition coefficient (Wildman–Crippen LogP) is 3.17. The van der Waals surface area contributed by atoms with E-state index in [-0.39, 0.29) is 0 Å². The first-order chi connectivity index (χ1) is 14.8. The number of allylic oxidation sites excluding steroid dienone is 1. The van der Waals surface area contributed by atoms with Crippen molar-refractivity contribution in [2.45, 2.75) is 63.6 Å². The lowest BCUT2D eigenvalue weighted by atomic mass is 9.87. The van der Waals surface area contributed by atoms with Crippen LogP contribution in [0.1, 0.15) is 50.5 Å². The molecule has 1 aromatic carbocycles. The van der Waals surface area contributed by atoms with Crippen LogP contribution < -0.4 is 11.1 Å². The number of rotatable bonds is 9. The highest BCUT2D eigenvalue weighted by Crippen LogP contribution is 2.34. The van der Waals surface area contributed by atoms with Gasteiger partial charge < -0.3 is 11.1 Å². The molecule has 2 atom stereocenters. The SMILES string of the molecule is NCCCCN(CC1CN(Cc2ccccc2)CCN1)C1CCCC2=C1N=CCC2. The Hall–Kier alpha value is -1.53. The molecule has 3 aliphatic rings. The summed E-state index contributed by atoms with van der Waals surface area (Å²) >= 11 is 0. The first-order valence-corrected chi connectivity index (χ1v) is 12.0. The Morgan fingerprint density at radius 2 is 2.07 bits per heavy atom. The second-order valence-corrected chi connectivity index (χ2v) is 9.11. The van der Waals surface area contributed by atoms with Crippen LogP contribution in [-0.2, 0) is 6.54 Å². The number of nitrogens with zero attached hydrogens (tertiary/aromatic N) is 3. The minimum Gasteiger partial charge on any atom is -0.330 e.